The van der Waals surface area contributed by atoms with Gasteiger partial charge in [-0.2, -0.15) is 0 Å². The van der Waals surface area contributed by atoms with Crippen LogP contribution in [0.15, 0.2) is 11.6 Å². The Morgan fingerprint density at radius 1 is 1.53 bits per heavy atom. The number of likely N-dealkylation sites (tertiary alicyclic amines) is 1. The molecule has 15 heavy (non-hydrogen) atoms. The minimum atomic E-state index is 0.193. The van der Waals surface area contributed by atoms with E-state index in [1.165, 1.54) is 25.1 Å². The van der Waals surface area contributed by atoms with E-state index in [0.717, 1.165) is 25.7 Å². The molecular formula is C13H21NO. The van der Waals surface area contributed by atoms with Gasteiger partial charge in [0, 0.05) is 12.5 Å². The zero-order valence-electron chi connectivity index (χ0n) is 9.83. The molecule has 1 unspecified atom stereocenters. The van der Waals surface area contributed by atoms with Gasteiger partial charge < -0.3 is 4.79 Å². The van der Waals surface area contributed by atoms with E-state index in [1.807, 2.05) is 0 Å². The molecule has 1 aliphatic heterocycles. The highest BCUT2D eigenvalue weighted by molar-refractivity contribution is 5.59. The fraction of sp³-hybridized carbons (Fsp3) is 0.769. The van der Waals surface area contributed by atoms with Crippen LogP contribution in [-0.4, -0.2) is 30.8 Å². The average Bonchev–Trinajstić information content (AvgIpc) is 2.10. The summed E-state index contributed by atoms with van der Waals surface area (Å²) in [6.07, 6.45) is 6.98. The summed E-state index contributed by atoms with van der Waals surface area (Å²) in [5.41, 5.74) is 1.65. The maximum Gasteiger partial charge on any atom is 0.127 e. The number of carbonyl (C=O) groups is 1. The minimum Gasteiger partial charge on any atom is -0.303 e. The number of aldehydes is 1. The molecule has 0 radical (unpaired) electrons. The molecule has 2 heteroatoms. The van der Waals surface area contributed by atoms with Gasteiger partial charge in [0.15, 0.2) is 0 Å². The highest BCUT2D eigenvalue weighted by Gasteiger charge is 2.28. The monoisotopic (exact) mass is 207 g/mol. The predicted molar refractivity (Wildman–Crippen MR) is 61.7 cm³/mol. The van der Waals surface area contributed by atoms with Crippen molar-refractivity contribution in [2.24, 2.45) is 11.3 Å². The number of hydrogen-bond acceptors (Lipinski definition) is 2. The van der Waals surface area contributed by atoms with E-state index in [4.69, 9.17) is 0 Å². The summed E-state index contributed by atoms with van der Waals surface area (Å²) in [7, 11) is 0. The van der Waals surface area contributed by atoms with Gasteiger partial charge in [-0.1, -0.05) is 19.9 Å². The Morgan fingerprint density at radius 3 is 2.80 bits per heavy atom. The molecule has 0 aromatic heterocycles. The quantitative estimate of drug-likeness (QED) is 0.522. The Hall–Kier alpha value is -0.630. The fourth-order valence-corrected chi connectivity index (χ4v) is 2.51. The van der Waals surface area contributed by atoms with Crippen molar-refractivity contribution in [3.05, 3.63) is 11.6 Å². The number of nitrogens with zero attached hydrogens (tertiary/aromatic N) is 1. The van der Waals surface area contributed by atoms with Gasteiger partial charge >= 0.3 is 0 Å². The summed E-state index contributed by atoms with van der Waals surface area (Å²) in [6.45, 7) is 7.98. The normalized spacial score (nSPS) is 30.5. The van der Waals surface area contributed by atoms with Crippen LogP contribution in [0.5, 0.6) is 0 Å². The highest BCUT2D eigenvalue weighted by Crippen LogP contribution is 2.36. The van der Waals surface area contributed by atoms with E-state index in [1.54, 1.807) is 0 Å². The molecule has 2 aliphatic rings. The van der Waals surface area contributed by atoms with E-state index >= 15 is 0 Å². The van der Waals surface area contributed by atoms with Crippen molar-refractivity contribution < 1.29 is 4.79 Å². The van der Waals surface area contributed by atoms with Gasteiger partial charge in [0.2, 0.25) is 0 Å². The van der Waals surface area contributed by atoms with Crippen LogP contribution in [0, 0.1) is 11.3 Å². The molecule has 2 rings (SSSR count). The maximum absolute atomic E-state index is 11.0. The molecule has 0 saturated carbocycles. The zero-order valence-corrected chi connectivity index (χ0v) is 9.83. The lowest BCUT2D eigenvalue weighted by atomic mass is 9.75. The molecule has 1 atom stereocenters. The minimum absolute atomic E-state index is 0.193. The summed E-state index contributed by atoms with van der Waals surface area (Å²) < 4.78 is 0. The van der Waals surface area contributed by atoms with Crippen molar-refractivity contribution >= 4 is 6.29 Å². The van der Waals surface area contributed by atoms with Crippen LogP contribution in [-0.2, 0) is 4.79 Å². The molecule has 0 N–H and O–H groups in total. The second-order valence-electron chi connectivity index (χ2n) is 5.62. The number of rotatable bonds is 3. The summed E-state index contributed by atoms with van der Waals surface area (Å²) in [6, 6.07) is 0. The summed E-state index contributed by atoms with van der Waals surface area (Å²) in [5, 5.41) is 0. The Balaban J connectivity index is 2.07. The van der Waals surface area contributed by atoms with Crippen molar-refractivity contribution in [2.45, 2.75) is 33.1 Å². The van der Waals surface area contributed by atoms with Gasteiger partial charge in [0.1, 0.15) is 6.29 Å². The number of allylic oxidation sites excluding steroid dienone is 1. The molecule has 2 nitrogen and oxygen atoms in total. The molecule has 0 amide bonds. The fourth-order valence-electron chi connectivity index (χ4n) is 2.51. The van der Waals surface area contributed by atoms with Gasteiger partial charge in [0.25, 0.3) is 0 Å². The van der Waals surface area contributed by atoms with Gasteiger partial charge in [-0.25, -0.2) is 0 Å². The molecule has 84 valence electrons. The van der Waals surface area contributed by atoms with Crippen LogP contribution in [0.4, 0.5) is 0 Å². The van der Waals surface area contributed by atoms with E-state index in [2.05, 4.69) is 24.8 Å². The van der Waals surface area contributed by atoms with E-state index in [9.17, 15) is 4.79 Å². The lowest BCUT2D eigenvalue weighted by Crippen LogP contribution is -2.40. The van der Waals surface area contributed by atoms with Crippen LogP contribution in [0.1, 0.15) is 33.1 Å². The first-order valence-electron chi connectivity index (χ1n) is 6.00. The highest BCUT2D eigenvalue weighted by atomic mass is 16.1. The SMILES string of the molecule is CC1(C)C=C(CN2CCC2)C(C=O)CC1. The third-order valence-electron chi connectivity index (χ3n) is 3.67. The number of carbonyl (C=O) groups excluding carboxylic acids is 1. The van der Waals surface area contributed by atoms with Gasteiger partial charge in [-0.05, 0) is 43.3 Å². The number of hydrogen-bond donors (Lipinski definition) is 0. The zero-order chi connectivity index (χ0) is 10.9. The summed E-state index contributed by atoms with van der Waals surface area (Å²) in [5.74, 6) is 0.193. The Labute approximate surface area is 92.3 Å². The maximum atomic E-state index is 11.0. The van der Waals surface area contributed by atoms with Crippen LogP contribution in [0.3, 0.4) is 0 Å². The molecule has 1 saturated heterocycles. The van der Waals surface area contributed by atoms with Gasteiger partial charge in [0.05, 0.1) is 0 Å². The van der Waals surface area contributed by atoms with Crippen LogP contribution in [0.2, 0.25) is 0 Å². The molecule has 1 aliphatic carbocycles. The predicted octanol–water partition coefficient (Wildman–Crippen LogP) is 2.25. The van der Waals surface area contributed by atoms with E-state index < -0.39 is 0 Å². The molecule has 0 spiro atoms. The molecule has 0 aromatic carbocycles. The van der Waals surface area contributed by atoms with Crippen molar-refractivity contribution in [3.8, 4) is 0 Å². The Morgan fingerprint density at radius 2 is 2.27 bits per heavy atom. The molecule has 0 aromatic rings. The van der Waals surface area contributed by atoms with Crippen LogP contribution in [0.25, 0.3) is 0 Å². The Bertz CT molecular complexity index is 276. The average molecular weight is 207 g/mol. The standard InChI is InChI=1S/C13H21NO/c1-13(2)5-4-11(10-15)12(8-13)9-14-6-3-7-14/h8,10-11H,3-7,9H2,1-2H3. The van der Waals surface area contributed by atoms with Crippen molar-refractivity contribution in [2.75, 3.05) is 19.6 Å². The third-order valence-corrected chi connectivity index (χ3v) is 3.67. The first-order chi connectivity index (χ1) is 7.11. The first kappa shape index (κ1) is 10.9. The molecule has 0 bridgehead atoms. The lowest BCUT2D eigenvalue weighted by molar-refractivity contribution is -0.110. The summed E-state index contributed by atoms with van der Waals surface area (Å²) >= 11 is 0. The molecule has 1 fully saturated rings. The second kappa shape index (κ2) is 4.09. The first-order valence-corrected chi connectivity index (χ1v) is 6.00. The Kier molecular flexibility index (Phi) is 2.96. The lowest BCUT2D eigenvalue weighted by Gasteiger charge is -2.37. The second-order valence-corrected chi connectivity index (χ2v) is 5.62. The van der Waals surface area contributed by atoms with E-state index in [0.29, 0.717) is 5.41 Å². The van der Waals surface area contributed by atoms with Gasteiger partial charge in [-0.3, -0.25) is 4.90 Å². The topological polar surface area (TPSA) is 20.3 Å². The van der Waals surface area contributed by atoms with Crippen molar-refractivity contribution in [1.29, 1.82) is 0 Å². The largest absolute Gasteiger partial charge is 0.303 e. The third kappa shape index (κ3) is 2.49. The smallest absolute Gasteiger partial charge is 0.127 e. The molecule has 1 heterocycles. The van der Waals surface area contributed by atoms with Crippen LogP contribution >= 0.6 is 0 Å². The van der Waals surface area contributed by atoms with Crippen molar-refractivity contribution in [1.82, 2.24) is 4.90 Å². The summed E-state index contributed by atoms with van der Waals surface area (Å²) in [4.78, 5) is 13.4. The van der Waals surface area contributed by atoms with Crippen LogP contribution < -0.4 is 0 Å². The van der Waals surface area contributed by atoms with Gasteiger partial charge in [-0.15, -0.1) is 0 Å². The molecular weight excluding hydrogens is 186 g/mol. The van der Waals surface area contributed by atoms with Crippen molar-refractivity contribution in [3.63, 3.8) is 0 Å². The van der Waals surface area contributed by atoms with E-state index in [-0.39, 0.29) is 5.92 Å².